The lowest BCUT2D eigenvalue weighted by molar-refractivity contribution is -0.134. The Kier molecular flexibility index (Phi) is 15.1. The topological polar surface area (TPSA) is 26.3 Å². The van der Waals surface area contributed by atoms with Crippen LogP contribution in [0.4, 0.5) is 0 Å². The fourth-order valence-electron chi connectivity index (χ4n) is 2.03. The van der Waals surface area contributed by atoms with Crippen LogP contribution in [0.25, 0.3) is 0 Å². The molecule has 0 aromatic rings. The standard InChI is InChI=1S/C16H29ClO2/c1-2-3-4-5-6-7-8-9-10-11-12-13-14-15-16(18)19-17/h7-8H,2-6,9-15H2,1H3. The molecule has 0 unspecified atom stereocenters. The molecule has 0 heterocycles. The molecular formula is C16H29ClO2. The predicted molar refractivity (Wildman–Crippen MR) is 82.2 cm³/mol. The van der Waals surface area contributed by atoms with Gasteiger partial charge in [-0.1, -0.05) is 57.6 Å². The van der Waals surface area contributed by atoms with Crippen LogP contribution in [0.1, 0.15) is 84.0 Å². The molecule has 0 saturated carbocycles. The zero-order valence-corrected chi connectivity index (χ0v) is 13.1. The summed E-state index contributed by atoms with van der Waals surface area (Å²) in [6, 6.07) is 0. The van der Waals surface area contributed by atoms with Gasteiger partial charge in [0.2, 0.25) is 0 Å². The average Bonchev–Trinajstić information content (AvgIpc) is 2.43. The molecule has 0 N–H and O–H groups in total. The average molecular weight is 289 g/mol. The third kappa shape index (κ3) is 15.4. The van der Waals surface area contributed by atoms with Gasteiger partial charge in [0.25, 0.3) is 0 Å². The molecule has 0 rings (SSSR count). The summed E-state index contributed by atoms with van der Waals surface area (Å²) >= 11 is 4.95. The van der Waals surface area contributed by atoms with E-state index in [0.717, 1.165) is 12.8 Å². The summed E-state index contributed by atoms with van der Waals surface area (Å²) in [5.74, 6) is -0.312. The number of carbonyl (C=O) groups is 1. The van der Waals surface area contributed by atoms with Crippen molar-refractivity contribution in [2.24, 2.45) is 0 Å². The minimum atomic E-state index is -0.312. The van der Waals surface area contributed by atoms with E-state index in [-0.39, 0.29) is 5.97 Å². The Balaban J connectivity index is 3.09. The third-order valence-electron chi connectivity index (χ3n) is 3.23. The summed E-state index contributed by atoms with van der Waals surface area (Å²) in [6.45, 7) is 2.24. The second-order valence-corrected chi connectivity index (χ2v) is 5.23. The van der Waals surface area contributed by atoms with E-state index < -0.39 is 0 Å². The first kappa shape index (κ1) is 18.5. The van der Waals surface area contributed by atoms with E-state index in [9.17, 15) is 4.79 Å². The Morgan fingerprint density at radius 2 is 1.42 bits per heavy atom. The van der Waals surface area contributed by atoms with Crippen LogP contribution in [0.5, 0.6) is 0 Å². The van der Waals surface area contributed by atoms with Crippen LogP contribution in [-0.2, 0) is 9.08 Å². The Morgan fingerprint density at radius 3 is 2.00 bits per heavy atom. The van der Waals surface area contributed by atoms with Gasteiger partial charge >= 0.3 is 5.97 Å². The van der Waals surface area contributed by atoms with E-state index in [0.29, 0.717) is 6.42 Å². The van der Waals surface area contributed by atoms with Crippen LogP contribution < -0.4 is 0 Å². The summed E-state index contributed by atoms with van der Waals surface area (Å²) < 4.78 is 4.08. The first-order valence-corrected chi connectivity index (χ1v) is 8.08. The molecule has 2 nitrogen and oxygen atoms in total. The number of hydrogen-bond acceptors (Lipinski definition) is 2. The van der Waals surface area contributed by atoms with Crippen molar-refractivity contribution < 1.29 is 9.08 Å². The van der Waals surface area contributed by atoms with E-state index in [1.165, 1.54) is 57.8 Å². The van der Waals surface area contributed by atoms with Gasteiger partial charge in [0.05, 0.1) is 0 Å². The lowest BCUT2D eigenvalue weighted by Gasteiger charge is -1.99. The number of unbranched alkanes of at least 4 members (excludes halogenated alkanes) is 9. The highest BCUT2D eigenvalue weighted by Crippen LogP contribution is 2.09. The number of allylic oxidation sites excluding steroid dienone is 2. The SMILES string of the molecule is CCCCCCC=CCCCCCCCC(=O)OCl. The Hall–Kier alpha value is -0.500. The van der Waals surface area contributed by atoms with Gasteiger partial charge in [0, 0.05) is 6.42 Å². The molecule has 0 aromatic carbocycles. The zero-order chi connectivity index (χ0) is 14.2. The molecular weight excluding hydrogens is 260 g/mol. The van der Waals surface area contributed by atoms with E-state index in [2.05, 4.69) is 23.4 Å². The van der Waals surface area contributed by atoms with E-state index >= 15 is 0 Å². The minimum Gasteiger partial charge on any atom is -0.348 e. The van der Waals surface area contributed by atoms with E-state index in [1.807, 2.05) is 0 Å². The third-order valence-corrected chi connectivity index (χ3v) is 3.40. The van der Waals surface area contributed by atoms with Crippen molar-refractivity contribution in [3.63, 3.8) is 0 Å². The van der Waals surface area contributed by atoms with Crippen molar-refractivity contribution in [3.8, 4) is 0 Å². The Bertz CT molecular complexity index is 227. The number of hydrogen-bond donors (Lipinski definition) is 0. The maximum atomic E-state index is 10.7. The zero-order valence-electron chi connectivity index (χ0n) is 12.3. The summed E-state index contributed by atoms with van der Waals surface area (Å²) in [7, 11) is 0. The quantitative estimate of drug-likeness (QED) is 0.310. The molecule has 0 radical (unpaired) electrons. The van der Waals surface area contributed by atoms with Gasteiger partial charge in [-0.2, -0.15) is 0 Å². The van der Waals surface area contributed by atoms with Crippen LogP contribution in [0.3, 0.4) is 0 Å². The van der Waals surface area contributed by atoms with Crippen LogP contribution in [0.2, 0.25) is 0 Å². The second kappa shape index (κ2) is 15.6. The molecule has 0 fully saturated rings. The maximum Gasteiger partial charge on any atom is 0.324 e. The van der Waals surface area contributed by atoms with Crippen LogP contribution >= 0.6 is 11.9 Å². The summed E-state index contributed by atoms with van der Waals surface area (Å²) in [5, 5.41) is 0. The van der Waals surface area contributed by atoms with E-state index in [1.54, 1.807) is 0 Å². The lowest BCUT2D eigenvalue weighted by Crippen LogP contribution is -1.95. The highest BCUT2D eigenvalue weighted by molar-refractivity contribution is 6.13. The van der Waals surface area contributed by atoms with Crippen LogP contribution in [-0.4, -0.2) is 5.97 Å². The van der Waals surface area contributed by atoms with Crippen LogP contribution in [0.15, 0.2) is 12.2 Å². The molecule has 0 spiro atoms. The molecule has 0 saturated heterocycles. The molecule has 0 aliphatic rings. The van der Waals surface area contributed by atoms with Gasteiger partial charge in [-0.3, -0.25) is 4.79 Å². The van der Waals surface area contributed by atoms with Crippen molar-refractivity contribution in [2.45, 2.75) is 84.0 Å². The van der Waals surface area contributed by atoms with Gasteiger partial charge in [-0.05, 0) is 32.1 Å². The summed E-state index contributed by atoms with van der Waals surface area (Å²) in [5.41, 5.74) is 0. The lowest BCUT2D eigenvalue weighted by atomic mass is 10.1. The molecule has 0 aliphatic heterocycles. The first-order chi connectivity index (χ1) is 9.31. The molecule has 19 heavy (non-hydrogen) atoms. The highest BCUT2D eigenvalue weighted by Gasteiger charge is 2.00. The summed E-state index contributed by atoms with van der Waals surface area (Å²) in [6.07, 6.45) is 18.6. The van der Waals surface area contributed by atoms with Gasteiger partial charge in [0.1, 0.15) is 11.9 Å². The van der Waals surface area contributed by atoms with E-state index in [4.69, 9.17) is 11.9 Å². The molecule has 0 aliphatic carbocycles. The Labute approximate surface area is 123 Å². The molecule has 0 bridgehead atoms. The molecule has 0 aromatic heterocycles. The predicted octanol–water partition coefficient (Wildman–Crippen LogP) is 5.94. The highest BCUT2D eigenvalue weighted by atomic mass is 35.5. The fraction of sp³-hybridized carbons (Fsp3) is 0.812. The monoisotopic (exact) mass is 288 g/mol. The van der Waals surface area contributed by atoms with Crippen LogP contribution in [0, 0.1) is 0 Å². The van der Waals surface area contributed by atoms with Crippen molar-refractivity contribution in [1.29, 1.82) is 0 Å². The van der Waals surface area contributed by atoms with Crippen molar-refractivity contribution in [1.82, 2.24) is 0 Å². The molecule has 112 valence electrons. The number of rotatable bonds is 13. The molecule has 0 atom stereocenters. The normalized spacial score (nSPS) is 11.1. The van der Waals surface area contributed by atoms with Gasteiger partial charge in [-0.15, -0.1) is 0 Å². The minimum absolute atomic E-state index is 0.312. The van der Waals surface area contributed by atoms with Crippen molar-refractivity contribution in [2.75, 3.05) is 0 Å². The van der Waals surface area contributed by atoms with Gasteiger partial charge in [-0.25, -0.2) is 0 Å². The molecule has 0 amide bonds. The Morgan fingerprint density at radius 1 is 0.895 bits per heavy atom. The summed E-state index contributed by atoms with van der Waals surface area (Å²) in [4.78, 5) is 10.7. The van der Waals surface area contributed by atoms with Gasteiger partial charge in [0.15, 0.2) is 0 Å². The van der Waals surface area contributed by atoms with Gasteiger partial charge < -0.3 is 4.29 Å². The largest absolute Gasteiger partial charge is 0.348 e. The number of carbonyl (C=O) groups excluding carboxylic acids is 1. The van der Waals surface area contributed by atoms with Crippen molar-refractivity contribution >= 4 is 17.8 Å². The maximum absolute atomic E-state index is 10.7. The van der Waals surface area contributed by atoms with Crippen molar-refractivity contribution in [3.05, 3.63) is 12.2 Å². The smallest absolute Gasteiger partial charge is 0.324 e. The first-order valence-electron chi connectivity index (χ1n) is 7.77. The molecule has 3 heteroatoms. The fourth-order valence-corrected chi connectivity index (χ4v) is 2.10. The second-order valence-electron chi connectivity index (χ2n) is 5.08. The number of halogens is 1.